The molecule has 0 bridgehead atoms. The van der Waals surface area contributed by atoms with Crippen LogP contribution in [-0.4, -0.2) is 22.5 Å². The van der Waals surface area contributed by atoms with Crippen molar-refractivity contribution in [1.82, 2.24) is 4.57 Å². The molecule has 0 radical (unpaired) electrons. The molecule has 1 N–H and O–H groups in total. The number of aromatic nitrogens is 1. The fraction of sp³-hybridized carbons (Fsp3) is 0.167. The number of furan rings is 1. The van der Waals surface area contributed by atoms with Crippen molar-refractivity contribution in [2.24, 2.45) is 4.99 Å². The molecular weight excluding hydrogens is 605 g/mol. The molecule has 0 unspecified atom stereocenters. The van der Waals surface area contributed by atoms with Crippen molar-refractivity contribution in [3.63, 3.8) is 0 Å². The van der Waals surface area contributed by atoms with E-state index in [4.69, 9.17) is 9.15 Å². The highest BCUT2D eigenvalue weighted by atomic mass is 32.1. The molecule has 6 rings (SSSR count). The van der Waals surface area contributed by atoms with Crippen LogP contribution in [0.1, 0.15) is 54.1 Å². The van der Waals surface area contributed by atoms with Crippen LogP contribution in [0.5, 0.6) is 0 Å². The highest BCUT2D eigenvalue weighted by Crippen LogP contribution is 2.31. The number of thiazole rings is 1. The van der Waals surface area contributed by atoms with Crippen LogP contribution in [0.2, 0.25) is 0 Å². The van der Waals surface area contributed by atoms with Gasteiger partial charge in [-0.25, -0.2) is 14.2 Å². The van der Waals surface area contributed by atoms with Gasteiger partial charge in [-0.05, 0) is 87.4 Å². The van der Waals surface area contributed by atoms with Gasteiger partial charge in [-0.15, -0.1) is 0 Å². The Balaban J connectivity index is 1.38. The summed E-state index contributed by atoms with van der Waals surface area (Å²) in [7, 11) is 0. The maximum absolute atomic E-state index is 14.0. The number of hydrogen-bond donors (Lipinski definition) is 1. The zero-order chi connectivity index (χ0) is 32.5. The third-order valence-corrected chi connectivity index (χ3v) is 8.44. The number of amides is 1. The number of carbonyl (C=O) groups is 2. The van der Waals surface area contributed by atoms with Gasteiger partial charge in [0, 0.05) is 17.3 Å². The summed E-state index contributed by atoms with van der Waals surface area (Å²) in [5.74, 6) is -0.221. The predicted molar refractivity (Wildman–Crippen MR) is 175 cm³/mol. The summed E-state index contributed by atoms with van der Waals surface area (Å²) in [6, 6.07) is 22.7. The average molecular weight is 636 g/mol. The SMILES string of the molecule is CC1=C(C(=O)Nc2ccccc2)[C@@H](c2ccc(F)cc2)n2c(s/c(=C/c3ccc(-c4ccc(C(=O)OC(C)C)cc4C)o3)c2=O)=N1. The second kappa shape index (κ2) is 12.6. The average Bonchev–Trinajstić information content (AvgIpc) is 3.60. The number of rotatable bonds is 7. The zero-order valence-corrected chi connectivity index (χ0v) is 26.4. The zero-order valence-electron chi connectivity index (χ0n) is 25.5. The van der Waals surface area contributed by atoms with Crippen molar-refractivity contribution >= 4 is 35.0 Å². The minimum atomic E-state index is -0.835. The third kappa shape index (κ3) is 6.12. The number of nitrogens with one attached hydrogen (secondary N) is 1. The molecule has 3 heterocycles. The van der Waals surface area contributed by atoms with Gasteiger partial charge in [-0.2, -0.15) is 0 Å². The molecule has 5 aromatic rings. The van der Waals surface area contributed by atoms with Gasteiger partial charge in [0.2, 0.25) is 0 Å². The number of ether oxygens (including phenoxy) is 1. The first-order valence-corrected chi connectivity index (χ1v) is 15.5. The van der Waals surface area contributed by atoms with E-state index in [1.165, 1.54) is 28.0 Å². The number of nitrogens with zero attached hydrogens (tertiary/aromatic N) is 2. The molecule has 232 valence electrons. The van der Waals surface area contributed by atoms with Crippen molar-refractivity contribution in [2.45, 2.75) is 39.8 Å². The van der Waals surface area contributed by atoms with E-state index in [-0.39, 0.29) is 17.2 Å². The largest absolute Gasteiger partial charge is 0.459 e. The molecule has 1 atom stereocenters. The molecule has 2 aromatic heterocycles. The molecule has 0 saturated heterocycles. The van der Waals surface area contributed by atoms with Crippen molar-refractivity contribution in [3.05, 3.63) is 144 Å². The van der Waals surface area contributed by atoms with E-state index in [1.54, 1.807) is 81.4 Å². The van der Waals surface area contributed by atoms with Crippen LogP contribution in [0.25, 0.3) is 17.4 Å². The van der Waals surface area contributed by atoms with E-state index in [2.05, 4.69) is 10.3 Å². The summed E-state index contributed by atoms with van der Waals surface area (Å²) >= 11 is 1.17. The molecule has 0 aliphatic carbocycles. The second-order valence-corrected chi connectivity index (χ2v) is 12.1. The topological polar surface area (TPSA) is 103 Å². The number of halogens is 1. The molecule has 0 saturated carbocycles. The lowest BCUT2D eigenvalue weighted by atomic mass is 9.95. The van der Waals surface area contributed by atoms with E-state index in [1.807, 2.05) is 25.1 Å². The summed E-state index contributed by atoms with van der Waals surface area (Å²) in [5.41, 5.74) is 3.61. The maximum Gasteiger partial charge on any atom is 0.338 e. The van der Waals surface area contributed by atoms with Gasteiger partial charge in [-0.3, -0.25) is 14.2 Å². The van der Waals surface area contributed by atoms with Crippen LogP contribution in [0, 0.1) is 12.7 Å². The first-order valence-electron chi connectivity index (χ1n) is 14.7. The first-order chi connectivity index (χ1) is 22.1. The Morgan fingerprint density at radius 2 is 1.76 bits per heavy atom. The highest BCUT2D eigenvalue weighted by Gasteiger charge is 2.32. The van der Waals surface area contributed by atoms with E-state index >= 15 is 0 Å². The van der Waals surface area contributed by atoms with Crippen molar-refractivity contribution in [1.29, 1.82) is 0 Å². The Labute approximate surface area is 267 Å². The summed E-state index contributed by atoms with van der Waals surface area (Å²) in [5, 5.41) is 2.90. The predicted octanol–water partition coefficient (Wildman–Crippen LogP) is 6.15. The number of hydrogen-bond acceptors (Lipinski definition) is 7. The van der Waals surface area contributed by atoms with Crippen LogP contribution in [0.4, 0.5) is 10.1 Å². The molecule has 10 heteroatoms. The Morgan fingerprint density at radius 1 is 1.02 bits per heavy atom. The lowest BCUT2D eigenvalue weighted by Crippen LogP contribution is -2.40. The lowest BCUT2D eigenvalue weighted by Gasteiger charge is -2.25. The van der Waals surface area contributed by atoms with Gasteiger partial charge >= 0.3 is 5.97 Å². The van der Waals surface area contributed by atoms with Crippen LogP contribution in [0.15, 0.2) is 110 Å². The Kier molecular flexibility index (Phi) is 8.38. The van der Waals surface area contributed by atoms with E-state index in [0.717, 1.165) is 11.1 Å². The Bertz CT molecular complexity index is 2180. The molecule has 3 aromatic carbocycles. The van der Waals surface area contributed by atoms with Gasteiger partial charge in [0.25, 0.3) is 11.5 Å². The normalized spacial score (nSPS) is 14.7. The van der Waals surface area contributed by atoms with Crippen molar-refractivity contribution in [2.75, 3.05) is 5.32 Å². The standard InChI is InChI=1S/C36H30FN3O5S/c1-20(2)44-35(43)24-12-16-28(21(3)18-24)29-17-15-27(45-29)19-30-34(42)40-32(23-10-13-25(37)14-11-23)31(22(4)38-36(40)46-30)33(41)39-26-8-6-5-7-9-26/h5-20,32H,1-4H3,(H,39,41)/b30-19+/t32-/m1/s1. The minimum absolute atomic E-state index is 0.223. The lowest BCUT2D eigenvalue weighted by molar-refractivity contribution is -0.113. The molecule has 1 amide bonds. The quantitative estimate of drug-likeness (QED) is 0.216. The summed E-state index contributed by atoms with van der Waals surface area (Å²) in [4.78, 5) is 45.0. The first kappa shape index (κ1) is 30.7. The van der Waals surface area contributed by atoms with Crippen molar-refractivity contribution in [3.8, 4) is 11.3 Å². The fourth-order valence-electron chi connectivity index (χ4n) is 5.35. The number of para-hydroxylation sites is 1. The van der Waals surface area contributed by atoms with Crippen LogP contribution >= 0.6 is 11.3 Å². The van der Waals surface area contributed by atoms with Crippen LogP contribution in [0.3, 0.4) is 0 Å². The van der Waals surface area contributed by atoms with Crippen LogP contribution in [-0.2, 0) is 9.53 Å². The molecule has 46 heavy (non-hydrogen) atoms. The number of aryl methyl sites for hydroxylation is 1. The smallest absolute Gasteiger partial charge is 0.338 e. The number of fused-ring (bicyclic) bond motifs is 1. The van der Waals surface area contributed by atoms with E-state index < -0.39 is 23.7 Å². The van der Waals surface area contributed by atoms with Crippen molar-refractivity contribution < 1.29 is 23.1 Å². The highest BCUT2D eigenvalue weighted by molar-refractivity contribution is 7.07. The minimum Gasteiger partial charge on any atom is -0.459 e. The van der Waals surface area contributed by atoms with Gasteiger partial charge < -0.3 is 14.5 Å². The summed E-state index contributed by atoms with van der Waals surface area (Å²) < 4.78 is 27.2. The molecule has 1 aliphatic heterocycles. The summed E-state index contributed by atoms with van der Waals surface area (Å²) in [6.45, 7) is 7.20. The van der Waals surface area contributed by atoms with Gasteiger partial charge in [0.15, 0.2) is 4.80 Å². The van der Waals surface area contributed by atoms with Gasteiger partial charge in [-0.1, -0.05) is 47.7 Å². The number of esters is 1. The summed E-state index contributed by atoms with van der Waals surface area (Å²) in [6.07, 6.45) is 1.42. The molecule has 0 spiro atoms. The Morgan fingerprint density at radius 3 is 2.46 bits per heavy atom. The van der Waals surface area contributed by atoms with Gasteiger partial charge in [0.1, 0.15) is 17.3 Å². The van der Waals surface area contributed by atoms with Crippen LogP contribution < -0.4 is 20.2 Å². The number of carbonyl (C=O) groups excluding carboxylic acids is 2. The number of allylic oxidation sites excluding steroid dienone is 1. The molecule has 8 nitrogen and oxygen atoms in total. The number of anilines is 1. The second-order valence-electron chi connectivity index (χ2n) is 11.1. The number of benzene rings is 3. The fourth-order valence-corrected chi connectivity index (χ4v) is 6.37. The van der Waals surface area contributed by atoms with Gasteiger partial charge in [0.05, 0.1) is 33.5 Å². The monoisotopic (exact) mass is 635 g/mol. The van der Waals surface area contributed by atoms with E-state index in [9.17, 15) is 18.8 Å². The third-order valence-electron chi connectivity index (χ3n) is 7.45. The Hall–Kier alpha value is -5.35. The maximum atomic E-state index is 14.0. The van der Waals surface area contributed by atoms with E-state index in [0.29, 0.717) is 43.4 Å². The molecular formula is C36H30FN3O5S. The molecule has 1 aliphatic rings. The molecule has 0 fully saturated rings.